The Morgan fingerprint density at radius 1 is 1.15 bits per heavy atom. The van der Waals surface area contributed by atoms with E-state index in [1.807, 2.05) is 0 Å². The van der Waals surface area contributed by atoms with Crippen molar-refractivity contribution in [3.8, 4) is 17.2 Å². The molecule has 146 valence electrons. The molecule has 1 unspecified atom stereocenters. The number of benzene rings is 1. The Morgan fingerprint density at radius 2 is 1.81 bits per heavy atom. The maximum atomic E-state index is 12.6. The number of urea groups is 1. The van der Waals surface area contributed by atoms with Crippen molar-refractivity contribution < 1.29 is 33.3 Å². The van der Waals surface area contributed by atoms with Gasteiger partial charge in [0, 0.05) is 25.2 Å². The summed E-state index contributed by atoms with van der Waals surface area (Å²) in [5.74, 6) is 0.871. The van der Waals surface area contributed by atoms with Crippen LogP contribution in [0.15, 0.2) is 12.1 Å². The number of amides is 4. The average Bonchev–Trinajstić information content (AvgIpc) is 3.27. The molecule has 0 bridgehead atoms. The van der Waals surface area contributed by atoms with Crippen molar-refractivity contribution >= 4 is 23.7 Å². The van der Waals surface area contributed by atoms with Crippen molar-refractivity contribution in [1.29, 1.82) is 0 Å². The lowest BCUT2D eigenvalue weighted by atomic mass is 10.2. The third-order valence-corrected chi connectivity index (χ3v) is 4.52. The molecular weight excluding hydrogens is 358 g/mol. The van der Waals surface area contributed by atoms with Crippen LogP contribution in [0.2, 0.25) is 0 Å². The van der Waals surface area contributed by atoms with Gasteiger partial charge in [0.2, 0.25) is 5.75 Å². The number of likely N-dealkylation sites (tertiary alicyclic amines) is 1. The van der Waals surface area contributed by atoms with Crippen LogP contribution in [-0.2, 0) is 9.53 Å². The topological polar surface area (TPSA) is 107 Å². The summed E-state index contributed by atoms with van der Waals surface area (Å²) in [7, 11) is 4.47. The minimum Gasteiger partial charge on any atom is -0.493 e. The standard InChI is InChI=1S/C17H21N3O7/c1-24-12-6-10(7-13(25-2)15(12)26-3)18-16(22)19-5-4-11(8-19)20-14(21)9-27-17(20)23/h6-7,11H,4-5,8-9H2,1-3H3,(H,18,22). The fourth-order valence-electron chi connectivity index (χ4n) is 3.21. The number of nitrogens with zero attached hydrogens (tertiary/aromatic N) is 2. The Hall–Kier alpha value is -3.17. The predicted octanol–water partition coefficient (Wildman–Crippen LogP) is 1.30. The van der Waals surface area contributed by atoms with Crippen LogP contribution in [0.4, 0.5) is 15.3 Å². The summed E-state index contributed by atoms with van der Waals surface area (Å²) in [5, 5.41) is 2.77. The Labute approximate surface area is 155 Å². The van der Waals surface area contributed by atoms with Crippen LogP contribution >= 0.6 is 0 Å². The van der Waals surface area contributed by atoms with Crippen LogP contribution in [0.5, 0.6) is 17.2 Å². The molecule has 1 aromatic rings. The van der Waals surface area contributed by atoms with Crippen LogP contribution in [-0.4, -0.2) is 74.9 Å². The van der Waals surface area contributed by atoms with Crippen LogP contribution in [0, 0.1) is 0 Å². The minimum atomic E-state index is -0.656. The van der Waals surface area contributed by atoms with Crippen molar-refractivity contribution in [2.45, 2.75) is 12.5 Å². The van der Waals surface area contributed by atoms with Gasteiger partial charge in [-0.15, -0.1) is 0 Å². The first-order valence-corrected chi connectivity index (χ1v) is 8.33. The second kappa shape index (κ2) is 7.60. The number of nitrogens with one attached hydrogen (secondary N) is 1. The molecule has 0 saturated carbocycles. The number of cyclic esters (lactones) is 1. The van der Waals surface area contributed by atoms with Crippen molar-refractivity contribution in [3.63, 3.8) is 0 Å². The van der Waals surface area contributed by atoms with Crippen molar-refractivity contribution in [2.75, 3.05) is 46.3 Å². The van der Waals surface area contributed by atoms with E-state index in [-0.39, 0.29) is 31.1 Å². The van der Waals surface area contributed by atoms with Crippen LogP contribution < -0.4 is 19.5 Å². The lowest BCUT2D eigenvalue weighted by molar-refractivity contribution is -0.127. The second-order valence-corrected chi connectivity index (χ2v) is 6.05. The highest BCUT2D eigenvalue weighted by Crippen LogP contribution is 2.40. The van der Waals surface area contributed by atoms with Crippen LogP contribution in [0.1, 0.15) is 6.42 Å². The maximum absolute atomic E-state index is 12.6. The van der Waals surface area contributed by atoms with E-state index in [2.05, 4.69) is 5.32 Å². The van der Waals surface area contributed by atoms with Crippen LogP contribution in [0.25, 0.3) is 0 Å². The van der Waals surface area contributed by atoms with Crippen molar-refractivity contribution in [1.82, 2.24) is 9.80 Å². The van der Waals surface area contributed by atoms with Gasteiger partial charge in [0.05, 0.1) is 33.1 Å². The SMILES string of the molecule is COc1cc(NC(=O)N2CCC(N3C(=O)COC3=O)C2)cc(OC)c1OC. The van der Waals surface area contributed by atoms with Gasteiger partial charge < -0.3 is 29.2 Å². The van der Waals surface area contributed by atoms with E-state index in [0.29, 0.717) is 35.9 Å². The van der Waals surface area contributed by atoms with Gasteiger partial charge in [-0.2, -0.15) is 0 Å². The molecule has 1 atom stereocenters. The summed E-state index contributed by atoms with van der Waals surface area (Å²) in [6.45, 7) is 0.419. The molecule has 1 N–H and O–H groups in total. The molecule has 2 heterocycles. The van der Waals surface area contributed by atoms with E-state index in [0.717, 1.165) is 4.90 Å². The lowest BCUT2D eigenvalue weighted by Gasteiger charge is -2.21. The highest BCUT2D eigenvalue weighted by atomic mass is 16.6. The van der Waals surface area contributed by atoms with E-state index < -0.39 is 6.09 Å². The van der Waals surface area contributed by atoms with E-state index in [1.165, 1.54) is 26.2 Å². The second-order valence-electron chi connectivity index (χ2n) is 6.05. The largest absolute Gasteiger partial charge is 0.493 e. The number of carbonyl (C=O) groups excluding carboxylic acids is 3. The van der Waals surface area contributed by atoms with Crippen molar-refractivity contribution in [2.24, 2.45) is 0 Å². The quantitative estimate of drug-likeness (QED) is 0.822. The van der Waals surface area contributed by atoms with Gasteiger partial charge in [-0.3, -0.25) is 4.79 Å². The zero-order valence-corrected chi connectivity index (χ0v) is 15.3. The highest BCUT2D eigenvalue weighted by Gasteiger charge is 2.41. The third kappa shape index (κ3) is 3.55. The number of ether oxygens (including phenoxy) is 4. The summed E-state index contributed by atoms with van der Waals surface area (Å²) in [6.07, 6.45) is -0.152. The molecule has 0 aromatic heterocycles. The van der Waals surface area contributed by atoms with E-state index in [4.69, 9.17) is 18.9 Å². The van der Waals surface area contributed by atoms with E-state index in [1.54, 1.807) is 12.1 Å². The Balaban J connectivity index is 1.69. The lowest BCUT2D eigenvalue weighted by Crippen LogP contribution is -2.42. The molecule has 2 aliphatic rings. The first-order chi connectivity index (χ1) is 13.0. The summed E-state index contributed by atoms with van der Waals surface area (Å²) in [4.78, 5) is 38.6. The molecule has 2 saturated heterocycles. The first-order valence-electron chi connectivity index (χ1n) is 8.33. The molecule has 0 radical (unpaired) electrons. The van der Waals surface area contributed by atoms with Gasteiger partial charge in [-0.05, 0) is 6.42 Å². The van der Waals surface area contributed by atoms with Gasteiger partial charge in [-0.1, -0.05) is 0 Å². The number of rotatable bonds is 5. The van der Waals surface area contributed by atoms with Crippen LogP contribution in [0.3, 0.4) is 0 Å². The molecule has 27 heavy (non-hydrogen) atoms. The van der Waals surface area contributed by atoms with Crippen molar-refractivity contribution in [3.05, 3.63) is 12.1 Å². The minimum absolute atomic E-state index is 0.243. The molecule has 3 rings (SSSR count). The molecule has 10 heteroatoms. The fourth-order valence-corrected chi connectivity index (χ4v) is 3.21. The number of methoxy groups -OCH3 is 3. The van der Waals surface area contributed by atoms with Gasteiger partial charge >= 0.3 is 12.1 Å². The average molecular weight is 379 g/mol. The monoisotopic (exact) mass is 379 g/mol. The van der Waals surface area contributed by atoms with E-state index in [9.17, 15) is 14.4 Å². The highest BCUT2D eigenvalue weighted by molar-refractivity contribution is 5.98. The number of hydrogen-bond acceptors (Lipinski definition) is 7. The van der Waals surface area contributed by atoms with E-state index >= 15 is 0 Å². The zero-order valence-electron chi connectivity index (χ0n) is 15.3. The number of imide groups is 1. The normalized spacial score (nSPS) is 19.1. The summed E-state index contributed by atoms with van der Waals surface area (Å²) >= 11 is 0. The first kappa shape index (κ1) is 18.6. The molecule has 0 spiro atoms. The third-order valence-electron chi connectivity index (χ3n) is 4.52. The van der Waals surface area contributed by atoms with Gasteiger partial charge in [0.25, 0.3) is 5.91 Å². The smallest absolute Gasteiger partial charge is 0.417 e. The summed E-state index contributed by atoms with van der Waals surface area (Å²) < 4.78 is 20.5. The maximum Gasteiger partial charge on any atom is 0.417 e. The number of hydrogen-bond donors (Lipinski definition) is 1. The zero-order chi connectivity index (χ0) is 19.6. The Kier molecular flexibility index (Phi) is 5.24. The number of anilines is 1. The molecule has 4 amide bonds. The summed E-state index contributed by atoms with van der Waals surface area (Å²) in [6, 6.07) is 2.51. The molecule has 1 aromatic carbocycles. The predicted molar refractivity (Wildman–Crippen MR) is 93.3 cm³/mol. The molecule has 2 aliphatic heterocycles. The molecule has 10 nitrogen and oxygen atoms in total. The molecule has 2 fully saturated rings. The van der Waals surface area contributed by atoms with Gasteiger partial charge in [0.1, 0.15) is 0 Å². The summed E-state index contributed by atoms with van der Waals surface area (Å²) in [5.41, 5.74) is 0.467. The number of carbonyl (C=O) groups is 3. The Bertz CT molecular complexity index is 726. The van der Waals surface area contributed by atoms with Gasteiger partial charge in [-0.25, -0.2) is 14.5 Å². The van der Waals surface area contributed by atoms with Gasteiger partial charge in [0.15, 0.2) is 18.1 Å². The Morgan fingerprint density at radius 3 is 2.33 bits per heavy atom. The molecule has 0 aliphatic carbocycles. The molecular formula is C17H21N3O7. The fraction of sp³-hybridized carbons (Fsp3) is 0.471.